The highest BCUT2D eigenvalue weighted by Gasteiger charge is 2.13. The lowest BCUT2D eigenvalue weighted by Crippen LogP contribution is -2.36. The molecule has 0 radical (unpaired) electrons. The van der Waals surface area contributed by atoms with Crippen LogP contribution in [-0.4, -0.2) is 28.4 Å². The molecule has 92 valence electrons. The summed E-state index contributed by atoms with van der Waals surface area (Å²) < 4.78 is 0. The van der Waals surface area contributed by atoms with Crippen LogP contribution in [-0.2, 0) is 4.79 Å². The summed E-state index contributed by atoms with van der Waals surface area (Å²) in [4.78, 5) is 17.8. The first-order chi connectivity index (χ1) is 8.19. The molecule has 0 aromatic carbocycles. The van der Waals surface area contributed by atoms with Gasteiger partial charge in [0.2, 0.25) is 5.91 Å². The number of nitrogens with zero attached hydrogens (tertiary/aromatic N) is 2. The molecule has 3 nitrogen and oxygen atoms in total. The molecule has 0 aliphatic carbocycles. The molecule has 1 aromatic heterocycles. The summed E-state index contributed by atoms with van der Waals surface area (Å²) in [6, 6.07) is 4.07. The van der Waals surface area contributed by atoms with Crippen molar-refractivity contribution in [1.29, 1.82) is 0 Å². The second kappa shape index (κ2) is 6.84. The van der Waals surface area contributed by atoms with Crippen molar-refractivity contribution in [2.24, 2.45) is 0 Å². The zero-order valence-electron chi connectivity index (χ0n) is 10.8. The molecule has 1 heterocycles. The van der Waals surface area contributed by atoms with Gasteiger partial charge in [-0.2, -0.15) is 0 Å². The van der Waals surface area contributed by atoms with Gasteiger partial charge in [-0.3, -0.25) is 9.78 Å². The van der Waals surface area contributed by atoms with Crippen molar-refractivity contribution in [2.45, 2.75) is 33.2 Å². The Morgan fingerprint density at radius 2 is 2.29 bits per heavy atom. The summed E-state index contributed by atoms with van der Waals surface area (Å²) in [7, 11) is 0. The summed E-state index contributed by atoms with van der Waals surface area (Å²) in [6.07, 6.45) is 7.85. The van der Waals surface area contributed by atoms with Crippen LogP contribution >= 0.6 is 0 Å². The first kappa shape index (κ1) is 13.4. The first-order valence-corrected chi connectivity index (χ1v) is 6.07. The third kappa shape index (κ3) is 4.02. The van der Waals surface area contributed by atoms with E-state index < -0.39 is 0 Å². The van der Waals surface area contributed by atoms with Crippen LogP contribution in [0.4, 0.5) is 0 Å². The standard InChI is InChI=1S/C14H20N2O/c1-4-12(3)16(5-2)14(17)9-8-13-7-6-10-15-11-13/h6-12H,4-5H2,1-3H3/b9-8+. The van der Waals surface area contributed by atoms with Gasteiger partial charge in [0, 0.05) is 31.1 Å². The first-order valence-electron chi connectivity index (χ1n) is 6.07. The Kier molecular flexibility index (Phi) is 5.40. The van der Waals surface area contributed by atoms with Crippen LogP contribution in [0.25, 0.3) is 6.08 Å². The molecule has 1 atom stereocenters. The van der Waals surface area contributed by atoms with E-state index in [0.717, 1.165) is 18.5 Å². The van der Waals surface area contributed by atoms with Crippen molar-refractivity contribution in [1.82, 2.24) is 9.88 Å². The number of aromatic nitrogens is 1. The summed E-state index contributed by atoms with van der Waals surface area (Å²) in [5, 5.41) is 0. The number of hydrogen-bond donors (Lipinski definition) is 0. The van der Waals surface area contributed by atoms with Gasteiger partial charge in [-0.1, -0.05) is 13.0 Å². The van der Waals surface area contributed by atoms with Crippen molar-refractivity contribution >= 4 is 12.0 Å². The Labute approximate surface area is 103 Å². The minimum Gasteiger partial charge on any atom is -0.337 e. The SMILES string of the molecule is CCC(C)N(CC)C(=O)/C=C/c1cccnc1. The van der Waals surface area contributed by atoms with Gasteiger partial charge in [0.25, 0.3) is 0 Å². The molecule has 3 heteroatoms. The van der Waals surface area contributed by atoms with E-state index in [2.05, 4.69) is 18.8 Å². The second-order valence-electron chi connectivity index (χ2n) is 4.00. The number of amides is 1. The van der Waals surface area contributed by atoms with Crippen LogP contribution in [0.15, 0.2) is 30.6 Å². The molecule has 0 fully saturated rings. The highest BCUT2D eigenvalue weighted by molar-refractivity contribution is 5.91. The third-order valence-corrected chi connectivity index (χ3v) is 2.85. The van der Waals surface area contributed by atoms with Crippen LogP contribution in [0.2, 0.25) is 0 Å². The molecule has 0 saturated carbocycles. The molecule has 17 heavy (non-hydrogen) atoms. The fraction of sp³-hybridized carbons (Fsp3) is 0.429. The monoisotopic (exact) mass is 232 g/mol. The fourth-order valence-electron chi connectivity index (χ4n) is 1.64. The average molecular weight is 232 g/mol. The minimum absolute atomic E-state index is 0.0608. The van der Waals surface area contributed by atoms with Crippen LogP contribution in [0, 0.1) is 0 Å². The lowest BCUT2D eigenvalue weighted by Gasteiger charge is -2.25. The van der Waals surface area contributed by atoms with E-state index in [1.54, 1.807) is 24.5 Å². The van der Waals surface area contributed by atoms with Gasteiger partial charge in [-0.15, -0.1) is 0 Å². The fourth-order valence-corrected chi connectivity index (χ4v) is 1.64. The number of carbonyl (C=O) groups is 1. The number of likely N-dealkylation sites (N-methyl/N-ethyl adjacent to an activating group) is 1. The smallest absolute Gasteiger partial charge is 0.246 e. The number of pyridine rings is 1. The van der Waals surface area contributed by atoms with Crippen molar-refractivity contribution in [3.8, 4) is 0 Å². The van der Waals surface area contributed by atoms with Crippen molar-refractivity contribution in [3.05, 3.63) is 36.2 Å². The van der Waals surface area contributed by atoms with Gasteiger partial charge in [-0.25, -0.2) is 0 Å². The lowest BCUT2D eigenvalue weighted by atomic mass is 10.2. The molecule has 0 saturated heterocycles. The number of rotatable bonds is 5. The maximum absolute atomic E-state index is 12.0. The number of carbonyl (C=O) groups excluding carboxylic acids is 1. The lowest BCUT2D eigenvalue weighted by molar-refractivity contribution is -0.127. The van der Waals surface area contributed by atoms with Gasteiger partial charge in [0.15, 0.2) is 0 Å². The maximum atomic E-state index is 12.0. The summed E-state index contributed by atoms with van der Waals surface area (Å²) >= 11 is 0. The van der Waals surface area contributed by atoms with Gasteiger partial charge < -0.3 is 4.90 Å². The quantitative estimate of drug-likeness (QED) is 0.731. The Hall–Kier alpha value is -1.64. The Balaban J connectivity index is 2.68. The Morgan fingerprint density at radius 3 is 2.82 bits per heavy atom. The topological polar surface area (TPSA) is 33.2 Å². The molecule has 0 bridgehead atoms. The molecule has 1 amide bonds. The molecule has 1 aromatic rings. The van der Waals surface area contributed by atoms with E-state index in [1.165, 1.54) is 0 Å². The summed E-state index contributed by atoms with van der Waals surface area (Å²) in [5.74, 6) is 0.0608. The summed E-state index contributed by atoms with van der Waals surface area (Å²) in [5.41, 5.74) is 0.945. The normalized spacial score (nSPS) is 12.6. The predicted octanol–water partition coefficient (Wildman–Crippen LogP) is 2.74. The molecular formula is C14H20N2O. The highest BCUT2D eigenvalue weighted by Crippen LogP contribution is 2.06. The van der Waals surface area contributed by atoms with E-state index in [-0.39, 0.29) is 11.9 Å². The predicted molar refractivity (Wildman–Crippen MR) is 70.4 cm³/mol. The average Bonchev–Trinajstić information content (AvgIpc) is 2.38. The molecular weight excluding hydrogens is 212 g/mol. The van der Waals surface area contributed by atoms with Crippen LogP contribution in [0.5, 0.6) is 0 Å². The Morgan fingerprint density at radius 1 is 1.53 bits per heavy atom. The van der Waals surface area contributed by atoms with Gasteiger partial charge in [0.1, 0.15) is 0 Å². The van der Waals surface area contributed by atoms with Gasteiger partial charge in [0.05, 0.1) is 0 Å². The van der Waals surface area contributed by atoms with Crippen molar-refractivity contribution < 1.29 is 4.79 Å². The second-order valence-corrected chi connectivity index (χ2v) is 4.00. The largest absolute Gasteiger partial charge is 0.337 e. The van der Waals surface area contributed by atoms with E-state index >= 15 is 0 Å². The maximum Gasteiger partial charge on any atom is 0.246 e. The van der Waals surface area contributed by atoms with Gasteiger partial charge >= 0.3 is 0 Å². The zero-order valence-corrected chi connectivity index (χ0v) is 10.8. The molecule has 0 spiro atoms. The van der Waals surface area contributed by atoms with Crippen molar-refractivity contribution in [3.63, 3.8) is 0 Å². The summed E-state index contributed by atoms with van der Waals surface area (Å²) in [6.45, 7) is 6.90. The van der Waals surface area contributed by atoms with Crippen LogP contribution in [0.3, 0.4) is 0 Å². The molecule has 1 unspecified atom stereocenters. The molecule has 0 aliphatic rings. The van der Waals surface area contributed by atoms with Crippen LogP contribution < -0.4 is 0 Å². The van der Waals surface area contributed by atoms with Crippen molar-refractivity contribution in [2.75, 3.05) is 6.54 Å². The van der Waals surface area contributed by atoms with E-state index in [1.807, 2.05) is 24.0 Å². The molecule has 1 rings (SSSR count). The van der Waals surface area contributed by atoms with E-state index in [0.29, 0.717) is 0 Å². The highest BCUT2D eigenvalue weighted by atomic mass is 16.2. The van der Waals surface area contributed by atoms with E-state index in [4.69, 9.17) is 0 Å². The third-order valence-electron chi connectivity index (χ3n) is 2.85. The number of hydrogen-bond acceptors (Lipinski definition) is 2. The molecule has 0 N–H and O–H groups in total. The molecule has 0 aliphatic heterocycles. The Bertz CT molecular complexity index is 373. The zero-order chi connectivity index (χ0) is 12.7. The van der Waals surface area contributed by atoms with Gasteiger partial charge in [-0.05, 0) is 38.0 Å². The van der Waals surface area contributed by atoms with E-state index in [9.17, 15) is 4.79 Å². The van der Waals surface area contributed by atoms with Crippen LogP contribution in [0.1, 0.15) is 32.8 Å². The minimum atomic E-state index is 0.0608.